The van der Waals surface area contributed by atoms with Gasteiger partial charge in [0.15, 0.2) is 55.1 Å². The second-order valence-electron chi connectivity index (χ2n) is 13.4. The molecule has 18 heteroatoms. The van der Waals surface area contributed by atoms with Crippen LogP contribution in [0.4, 0.5) is 0 Å². The van der Waals surface area contributed by atoms with Crippen molar-refractivity contribution in [2.24, 2.45) is 0 Å². The third kappa shape index (κ3) is 16.1. The first-order chi connectivity index (χ1) is 25.9. The lowest BCUT2D eigenvalue weighted by Gasteiger charge is -2.49. The number of rotatable bonds is 20. The highest BCUT2D eigenvalue weighted by molar-refractivity contribution is 5.71. The van der Waals surface area contributed by atoms with E-state index in [0.29, 0.717) is 12.8 Å². The van der Waals surface area contributed by atoms with Crippen molar-refractivity contribution in [2.75, 3.05) is 6.61 Å². The number of ether oxygens (including phenoxy) is 10. The van der Waals surface area contributed by atoms with Crippen molar-refractivity contribution in [3.63, 3.8) is 0 Å². The second-order valence-corrected chi connectivity index (χ2v) is 13.4. The van der Waals surface area contributed by atoms with Crippen LogP contribution in [0, 0.1) is 0 Å². The van der Waals surface area contributed by atoms with Gasteiger partial charge in [0, 0.05) is 54.9 Å². The van der Waals surface area contributed by atoms with Crippen LogP contribution in [0.15, 0.2) is 0 Å². The van der Waals surface area contributed by atoms with Crippen molar-refractivity contribution in [3.05, 3.63) is 0 Å². The molecule has 55 heavy (non-hydrogen) atoms. The number of carbonyl (C=O) groups is 8. The van der Waals surface area contributed by atoms with Gasteiger partial charge in [0.1, 0.15) is 6.10 Å². The molecule has 0 bridgehead atoms. The highest BCUT2D eigenvalue weighted by Gasteiger charge is 2.61. The van der Waals surface area contributed by atoms with E-state index in [1.165, 1.54) is 12.8 Å². The maximum absolute atomic E-state index is 13.5. The lowest BCUT2D eigenvalue weighted by molar-refractivity contribution is -0.326. The highest BCUT2D eigenvalue weighted by atomic mass is 16.7. The van der Waals surface area contributed by atoms with E-state index in [2.05, 4.69) is 6.92 Å². The van der Waals surface area contributed by atoms with Gasteiger partial charge in [-0.05, 0) is 6.42 Å². The second kappa shape index (κ2) is 23.6. The van der Waals surface area contributed by atoms with E-state index in [1.54, 1.807) is 0 Å². The van der Waals surface area contributed by atoms with Crippen LogP contribution >= 0.6 is 0 Å². The number of unbranched alkanes of at least 4 members (excludes halogenated alkanes) is 8. The number of esters is 8. The summed E-state index contributed by atoms with van der Waals surface area (Å²) in [6, 6.07) is 0. The van der Waals surface area contributed by atoms with Crippen LogP contribution < -0.4 is 0 Å². The summed E-state index contributed by atoms with van der Waals surface area (Å²) in [5, 5.41) is 0. The third-order valence-electron chi connectivity index (χ3n) is 8.50. The predicted octanol–water partition coefficient (Wildman–Crippen LogP) is 3.10. The highest BCUT2D eigenvalue weighted by Crippen LogP contribution is 2.37. The maximum atomic E-state index is 13.5. The van der Waals surface area contributed by atoms with Gasteiger partial charge >= 0.3 is 47.8 Å². The lowest BCUT2D eigenvalue weighted by atomic mass is 9.83. The molecule has 10 atom stereocenters. The molecule has 0 aromatic rings. The summed E-state index contributed by atoms with van der Waals surface area (Å²) in [5.41, 5.74) is 0. The van der Waals surface area contributed by atoms with Gasteiger partial charge in [-0.15, -0.1) is 0 Å². The normalized spacial score (nSPS) is 27.4. The molecular weight excluding hydrogens is 732 g/mol. The molecule has 1 aliphatic carbocycles. The van der Waals surface area contributed by atoms with Gasteiger partial charge in [0.05, 0.1) is 6.61 Å². The quantitative estimate of drug-likeness (QED) is 0.0980. The van der Waals surface area contributed by atoms with Crippen molar-refractivity contribution in [2.45, 2.75) is 181 Å². The third-order valence-corrected chi connectivity index (χ3v) is 8.50. The van der Waals surface area contributed by atoms with Gasteiger partial charge in [-0.2, -0.15) is 0 Å². The molecule has 0 aromatic carbocycles. The Hall–Kier alpha value is -4.32. The molecule has 18 nitrogen and oxygen atoms in total. The van der Waals surface area contributed by atoms with Crippen LogP contribution in [0.3, 0.4) is 0 Å². The molecule has 0 radical (unpaired) electrons. The Kier molecular flexibility index (Phi) is 20.1. The first-order valence-electron chi connectivity index (χ1n) is 18.6. The summed E-state index contributed by atoms with van der Waals surface area (Å²) in [7, 11) is 0. The van der Waals surface area contributed by atoms with Crippen molar-refractivity contribution >= 4 is 47.8 Å². The average molecular weight is 789 g/mol. The molecule has 0 spiro atoms. The van der Waals surface area contributed by atoms with Gasteiger partial charge in [-0.1, -0.05) is 58.3 Å². The first-order valence-corrected chi connectivity index (χ1v) is 18.6. The first kappa shape index (κ1) is 46.8. The Bertz CT molecular complexity index is 1330. The maximum Gasteiger partial charge on any atom is 0.306 e. The van der Waals surface area contributed by atoms with E-state index in [9.17, 15) is 38.4 Å². The Labute approximate surface area is 320 Å². The zero-order chi connectivity index (χ0) is 41.2. The summed E-state index contributed by atoms with van der Waals surface area (Å²) in [6.07, 6.45) is -8.04. The average Bonchev–Trinajstić information content (AvgIpc) is 3.06. The summed E-state index contributed by atoms with van der Waals surface area (Å²) in [5.74, 6) is -7.07. The van der Waals surface area contributed by atoms with Gasteiger partial charge in [0.25, 0.3) is 0 Å². The minimum absolute atomic E-state index is 0.0930. The van der Waals surface area contributed by atoms with E-state index in [0.717, 1.165) is 80.6 Å². The molecule has 312 valence electrons. The Morgan fingerprint density at radius 2 is 0.764 bits per heavy atom. The van der Waals surface area contributed by atoms with Crippen molar-refractivity contribution in [3.8, 4) is 0 Å². The lowest BCUT2D eigenvalue weighted by Crippen LogP contribution is -2.70. The summed E-state index contributed by atoms with van der Waals surface area (Å²) in [4.78, 5) is 100. The van der Waals surface area contributed by atoms with Crippen molar-refractivity contribution in [1.29, 1.82) is 0 Å². The van der Waals surface area contributed by atoms with Crippen LogP contribution in [0.2, 0.25) is 0 Å². The number of carbonyl (C=O) groups excluding carboxylic acids is 8. The van der Waals surface area contributed by atoms with Crippen molar-refractivity contribution in [1.82, 2.24) is 0 Å². The molecule has 0 aromatic heterocycles. The summed E-state index contributed by atoms with van der Waals surface area (Å²) < 4.78 is 56.3. The minimum atomic E-state index is -1.78. The van der Waals surface area contributed by atoms with Gasteiger partial charge in [-0.25, -0.2) is 0 Å². The van der Waals surface area contributed by atoms with Crippen LogP contribution in [0.5, 0.6) is 0 Å². The molecule has 1 heterocycles. The zero-order valence-corrected chi connectivity index (χ0v) is 32.9. The van der Waals surface area contributed by atoms with Crippen molar-refractivity contribution < 1.29 is 85.7 Å². The van der Waals surface area contributed by atoms with Crippen LogP contribution in [-0.2, 0) is 85.7 Å². The molecule has 1 aliphatic heterocycles. The summed E-state index contributed by atoms with van der Waals surface area (Å²) in [6.45, 7) is 8.95. The molecule has 0 N–H and O–H groups in total. The topological polar surface area (TPSA) is 229 Å². The van der Waals surface area contributed by atoms with Crippen LogP contribution in [0.25, 0.3) is 0 Å². The molecule has 0 unspecified atom stereocenters. The van der Waals surface area contributed by atoms with E-state index in [4.69, 9.17) is 47.4 Å². The van der Waals surface area contributed by atoms with E-state index in [1.807, 2.05) is 0 Å². The largest absolute Gasteiger partial charge is 0.456 e. The molecule has 1 saturated heterocycles. The SMILES string of the molecule is CCCCCCCCCCCC(=O)O[C@@H]1[C@H](OC(C)=O)[C@@H](OC(C)=O)[C@H](OC(C)=O)[C@@H](OC(C)=O)[C@@H]1O[C@@H]1OC[C@@H](OC(C)=O)[C@H](OC(C)=O)[C@@H]1OC(C)=O. The fourth-order valence-electron chi connectivity index (χ4n) is 6.48. The fourth-order valence-corrected chi connectivity index (χ4v) is 6.48. The minimum Gasteiger partial charge on any atom is -0.456 e. The molecule has 0 amide bonds. The Balaban J connectivity index is 2.63. The van der Waals surface area contributed by atoms with Gasteiger partial charge in [-0.3, -0.25) is 38.4 Å². The molecule has 2 fully saturated rings. The van der Waals surface area contributed by atoms with E-state index < -0.39 is 116 Å². The monoisotopic (exact) mass is 788 g/mol. The Morgan fingerprint density at radius 3 is 1.18 bits per heavy atom. The van der Waals surface area contributed by atoms with Crippen LogP contribution in [0.1, 0.15) is 120 Å². The predicted molar refractivity (Wildman–Crippen MR) is 185 cm³/mol. The van der Waals surface area contributed by atoms with E-state index >= 15 is 0 Å². The standard InChI is InChI=1S/C37H56O18/c1-9-10-11-12-13-14-15-16-17-18-28(45)54-34-32(51-24(6)42)30(49-22(4)40)31(50-23(5)41)33(52-25(7)43)35(34)55-37-36(53-26(8)44)29(48-21(3)39)27(19-46-37)47-20(2)38/h27,29-37H,9-19H2,1-8H3/t27-,29+,30+,31+,32-,33-,34-,35+,36+,37+/m1/s1. The number of hydrogen-bond donors (Lipinski definition) is 0. The van der Waals surface area contributed by atoms with Gasteiger partial charge < -0.3 is 47.4 Å². The van der Waals surface area contributed by atoms with Crippen LogP contribution in [-0.4, -0.2) is 116 Å². The molecule has 2 aliphatic rings. The van der Waals surface area contributed by atoms with Gasteiger partial charge in [0.2, 0.25) is 0 Å². The summed E-state index contributed by atoms with van der Waals surface area (Å²) >= 11 is 0. The smallest absolute Gasteiger partial charge is 0.306 e. The van der Waals surface area contributed by atoms with E-state index in [-0.39, 0.29) is 6.42 Å². The fraction of sp³-hybridized carbons (Fsp3) is 0.784. The Morgan fingerprint density at radius 1 is 0.418 bits per heavy atom. The molecular formula is C37H56O18. The number of hydrogen-bond acceptors (Lipinski definition) is 18. The molecule has 2 rings (SSSR count). The molecule has 1 saturated carbocycles. The zero-order valence-electron chi connectivity index (χ0n) is 32.9.